The van der Waals surface area contributed by atoms with Gasteiger partial charge in [0.15, 0.2) is 5.75 Å². The van der Waals surface area contributed by atoms with Crippen LogP contribution in [0.3, 0.4) is 0 Å². The Morgan fingerprint density at radius 1 is 0.730 bits per heavy atom. The van der Waals surface area contributed by atoms with Gasteiger partial charge < -0.3 is 24.8 Å². The van der Waals surface area contributed by atoms with Crippen molar-refractivity contribution in [2.75, 3.05) is 17.2 Å². The first-order valence-electron chi connectivity index (χ1n) is 21.7. The van der Waals surface area contributed by atoms with E-state index in [0.717, 1.165) is 24.2 Å². The van der Waals surface area contributed by atoms with E-state index >= 15 is 0 Å². The third kappa shape index (κ3) is 12.7. The van der Waals surface area contributed by atoms with Gasteiger partial charge in [0.05, 0.1) is 33.8 Å². The number of rotatable bonds is 20. The maximum absolute atomic E-state index is 14.2. The monoisotopic (exact) mass is 894 g/mol. The number of hydrogen-bond acceptors (Lipinski definition) is 8. The standard InChI is InChI=1S/C52H63ClN2O7S/c1-11-51(7,8)37-22-27-44(40(30-37)52(9,10)12-2)61-35(3)28-29-54-43-32-42(55-49(57)33-48(56)50(4,5)6)41(53)31-46(43)62-45-20-16-17-21-47(45)63(58,59)39-25-23-38(24-26-39)60-34-36-18-14-13-15-19-36/h13-27,30-32,35,54H,11-12,28-29,33-34H2,1-10H3,(H,55,57). The molecule has 0 saturated carbocycles. The molecule has 0 radical (unpaired) electrons. The Labute approximate surface area is 379 Å². The molecule has 9 nitrogen and oxygen atoms in total. The van der Waals surface area contributed by atoms with Gasteiger partial charge in [0, 0.05) is 30.0 Å². The summed E-state index contributed by atoms with van der Waals surface area (Å²) >= 11 is 6.77. The van der Waals surface area contributed by atoms with Crippen molar-refractivity contribution in [3.8, 4) is 23.0 Å². The molecule has 0 aliphatic heterocycles. The number of carbonyl (C=O) groups is 2. The smallest absolute Gasteiger partial charge is 0.231 e. The summed E-state index contributed by atoms with van der Waals surface area (Å²) in [6.45, 7) is 21.5. The summed E-state index contributed by atoms with van der Waals surface area (Å²) in [5, 5.41) is 6.34. The highest BCUT2D eigenvalue weighted by molar-refractivity contribution is 7.91. The summed E-state index contributed by atoms with van der Waals surface area (Å²) in [5.41, 5.74) is 3.37. The molecule has 1 amide bonds. The molecule has 0 heterocycles. The largest absolute Gasteiger partial charge is 0.490 e. The van der Waals surface area contributed by atoms with Gasteiger partial charge in [-0.15, -0.1) is 0 Å². The molecule has 0 spiro atoms. The van der Waals surface area contributed by atoms with E-state index in [0.29, 0.717) is 31.0 Å². The van der Waals surface area contributed by atoms with E-state index in [1.807, 2.05) is 37.3 Å². The van der Waals surface area contributed by atoms with Gasteiger partial charge in [0.25, 0.3) is 0 Å². The summed E-state index contributed by atoms with van der Waals surface area (Å²) < 4.78 is 47.3. The third-order valence-electron chi connectivity index (χ3n) is 11.7. The normalized spacial score (nSPS) is 12.6. The van der Waals surface area contributed by atoms with Crippen molar-refractivity contribution in [3.05, 3.63) is 131 Å². The van der Waals surface area contributed by atoms with Crippen molar-refractivity contribution >= 4 is 44.5 Å². The van der Waals surface area contributed by atoms with Crippen molar-refractivity contribution < 1.29 is 32.2 Å². The number of ketones is 1. The van der Waals surface area contributed by atoms with Gasteiger partial charge in [-0.05, 0) is 90.3 Å². The predicted molar refractivity (Wildman–Crippen MR) is 255 cm³/mol. The lowest BCUT2D eigenvalue weighted by molar-refractivity contribution is -0.130. The predicted octanol–water partition coefficient (Wildman–Crippen LogP) is 13.1. The number of ether oxygens (including phenoxy) is 3. The second-order valence-electron chi connectivity index (χ2n) is 18.4. The Kier molecular flexibility index (Phi) is 15.8. The molecule has 1 unspecified atom stereocenters. The molecule has 0 fully saturated rings. The maximum Gasteiger partial charge on any atom is 0.231 e. The van der Waals surface area contributed by atoms with Gasteiger partial charge >= 0.3 is 0 Å². The molecular formula is C52H63ClN2O7S. The number of amides is 1. The number of Topliss-reactive ketones (excluding diaryl/α,β-unsaturated/α-hetero) is 1. The summed E-state index contributed by atoms with van der Waals surface area (Å²) in [6, 6.07) is 32.1. The van der Waals surface area contributed by atoms with E-state index in [-0.39, 0.29) is 61.1 Å². The van der Waals surface area contributed by atoms with Crippen LogP contribution in [-0.4, -0.2) is 32.8 Å². The lowest BCUT2D eigenvalue weighted by Gasteiger charge is -2.31. The Morgan fingerprint density at radius 3 is 2.03 bits per heavy atom. The summed E-state index contributed by atoms with van der Waals surface area (Å²) in [4.78, 5) is 25.8. The minimum absolute atomic E-state index is 0.0277. The molecule has 11 heteroatoms. The van der Waals surface area contributed by atoms with Crippen molar-refractivity contribution in [1.82, 2.24) is 0 Å². The number of anilines is 2. The highest BCUT2D eigenvalue weighted by Gasteiger charge is 2.29. The number of para-hydroxylation sites is 1. The van der Waals surface area contributed by atoms with Gasteiger partial charge in [-0.3, -0.25) is 9.59 Å². The number of sulfone groups is 1. The first kappa shape index (κ1) is 48.7. The zero-order valence-corrected chi connectivity index (χ0v) is 39.9. The number of benzene rings is 5. The summed E-state index contributed by atoms with van der Waals surface area (Å²) in [6.07, 6.45) is 2.01. The molecule has 0 aliphatic carbocycles. The van der Waals surface area contributed by atoms with Crippen LogP contribution in [0.4, 0.5) is 11.4 Å². The van der Waals surface area contributed by atoms with Crippen LogP contribution in [-0.2, 0) is 36.9 Å². The van der Waals surface area contributed by atoms with Gasteiger partial charge in [0.2, 0.25) is 15.7 Å². The highest BCUT2D eigenvalue weighted by Crippen LogP contribution is 2.42. The van der Waals surface area contributed by atoms with Crippen LogP contribution in [0.5, 0.6) is 23.0 Å². The molecule has 5 aromatic rings. The fraction of sp³-hybridized carbons (Fsp3) is 0.385. The lowest BCUT2D eigenvalue weighted by Crippen LogP contribution is -2.26. The SMILES string of the molecule is CCC(C)(C)c1ccc(OC(C)CCNc2cc(NC(=O)CC(=O)C(C)(C)C)c(Cl)cc2Oc2ccccc2S(=O)(=O)c2ccc(OCc3ccccc3)cc2)c(C(C)(C)CC)c1. The number of carbonyl (C=O) groups excluding carboxylic acids is 2. The zero-order valence-electron chi connectivity index (χ0n) is 38.4. The fourth-order valence-electron chi connectivity index (χ4n) is 6.60. The molecule has 1 atom stereocenters. The van der Waals surface area contributed by atoms with E-state index in [4.69, 9.17) is 25.8 Å². The molecular weight excluding hydrogens is 832 g/mol. The summed E-state index contributed by atoms with van der Waals surface area (Å²) in [5.74, 6) is 0.955. The van der Waals surface area contributed by atoms with Crippen LogP contribution in [0.1, 0.15) is 112 Å². The van der Waals surface area contributed by atoms with E-state index in [1.54, 1.807) is 57.2 Å². The average Bonchev–Trinajstić information content (AvgIpc) is 3.24. The van der Waals surface area contributed by atoms with Gasteiger partial charge in [-0.1, -0.05) is 129 Å². The van der Waals surface area contributed by atoms with Crippen molar-refractivity contribution in [3.63, 3.8) is 0 Å². The number of halogens is 1. The quantitative estimate of drug-likeness (QED) is 0.0741. The molecule has 0 bridgehead atoms. The molecule has 2 N–H and O–H groups in total. The Hall–Kier alpha value is -5.32. The highest BCUT2D eigenvalue weighted by atomic mass is 35.5. The topological polar surface area (TPSA) is 120 Å². The van der Waals surface area contributed by atoms with Crippen molar-refractivity contribution in [1.29, 1.82) is 0 Å². The van der Waals surface area contributed by atoms with Crippen LogP contribution in [0.2, 0.25) is 5.02 Å². The molecule has 5 rings (SSSR count). The van der Waals surface area contributed by atoms with E-state index in [2.05, 4.69) is 70.4 Å². The molecule has 5 aromatic carbocycles. The average molecular weight is 896 g/mol. The van der Waals surface area contributed by atoms with Crippen LogP contribution in [0.25, 0.3) is 0 Å². The van der Waals surface area contributed by atoms with Crippen LogP contribution < -0.4 is 24.8 Å². The number of hydrogen-bond donors (Lipinski definition) is 2. The number of nitrogens with one attached hydrogen (secondary N) is 2. The Morgan fingerprint density at radius 2 is 1.38 bits per heavy atom. The van der Waals surface area contributed by atoms with Gasteiger partial charge in [-0.25, -0.2) is 8.42 Å². The van der Waals surface area contributed by atoms with Crippen molar-refractivity contribution in [2.24, 2.45) is 5.41 Å². The third-order valence-corrected chi connectivity index (χ3v) is 13.8. The van der Waals surface area contributed by atoms with Crippen LogP contribution in [0.15, 0.2) is 119 Å². The molecule has 0 aliphatic rings. The van der Waals surface area contributed by atoms with E-state index in [1.165, 1.54) is 35.4 Å². The first-order chi connectivity index (χ1) is 29.6. The Balaban J connectivity index is 1.40. The summed E-state index contributed by atoms with van der Waals surface area (Å²) in [7, 11) is -4.07. The van der Waals surface area contributed by atoms with Gasteiger partial charge in [0.1, 0.15) is 34.5 Å². The lowest BCUT2D eigenvalue weighted by atomic mass is 9.76. The van der Waals surface area contributed by atoms with E-state index in [9.17, 15) is 18.0 Å². The Bertz CT molecular complexity index is 2480. The second-order valence-corrected chi connectivity index (χ2v) is 20.7. The molecule has 336 valence electrons. The maximum atomic E-state index is 14.2. The minimum atomic E-state index is -4.07. The zero-order chi connectivity index (χ0) is 46.2. The minimum Gasteiger partial charge on any atom is -0.490 e. The fourth-order valence-corrected chi connectivity index (χ4v) is 8.18. The van der Waals surface area contributed by atoms with Crippen molar-refractivity contribution in [2.45, 2.75) is 128 Å². The van der Waals surface area contributed by atoms with Gasteiger partial charge in [-0.2, -0.15) is 0 Å². The molecule has 63 heavy (non-hydrogen) atoms. The second kappa shape index (κ2) is 20.5. The molecule has 0 saturated heterocycles. The molecule has 0 aromatic heterocycles. The first-order valence-corrected chi connectivity index (χ1v) is 23.5. The van der Waals surface area contributed by atoms with Crippen LogP contribution >= 0.6 is 11.6 Å². The van der Waals surface area contributed by atoms with Crippen LogP contribution in [0, 0.1) is 5.41 Å². The van der Waals surface area contributed by atoms with E-state index < -0.39 is 21.2 Å².